The molecule has 2 rings (SSSR count). The third-order valence-corrected chi connectivity index (χ3v) is 4.21. The molecule has 0 spiro atoms. The Morgan fingerprint density at radius 3 is 2.48 bits per heavy atom. The standard InChI is InChI=1S/C19H26N2O4/c1-18(2,3)25-17(22)21-12-19(13-21,20-4)10-9-14-7-8-15(23-5)11-16(14)24-6/h7-8,11H,9-10,12-13H2,1-3,5-6H3. The molecule has 1 aromatic carbocycles. The van der Waals surface area contributed by atoms with Gasteiger partial charge in [0.15, 0.2) is 0 Å². The van der Waals surface area contributed by atoms with Crippen LogP contribution in [-0.4, -0.2) is 49.4 Å². The first kappa shape index (κ1) is 18.9. The Morgan fingerprint density at radius 1 is 1.28 bits per heavy atom. The number of likely N-dealkylation sites (tertiary alicyclic amines) is 1. The van der Waals surface area contributed by atoms with E-state index in [-0.39, 0.29) is 6.09 Å². The van der Waals surface area contributed by atoms with Crippen molar-refractivity contribution in [3.05, 3.63) is 35.2 Å². The van der Waals surface area contributed by atoms with Crippen molar-refractivity contribution in [1.82, 2.24) is 4.90 Å². The molecule has 0 N–H and O–H groups in total. The first-order chi connectivity index (χ1) is 11.7. The first-order valence-corrected chi connectivity index (χ1v) is 8.29. The van der Waals surface area contributed by atoms with E-state index in [4.69, 9.17) is 20.8 Å². The van der Waals surface area contributed by atoms with E-state index in [1.54, 1.807) is 19.1 Å². The van der Waals surface area contributed by atoms with Gasteiger partial charge in [-0.05, 0) is 38.8 Å². The van der Waals surface area contributed by atoms with E-state index in [0.717, 1.165) is 17.1 Å². The second kappa shape index (κ2) is 7.22. The van der Waals surface area contributed by atoms with Crippen molar-refractivity contribution in [1.29, 1.82) is 0 Å². The Bertz CT molecular complexity index is 667. The Kier molecular flexibility index (Phi) is 5.46. The summed E-state index contributed by atoms with van der Waals surface area (Å²) in [5, 5.41) is 0. The predicted octanol–water partition coefficient (Wildman–Crippen LogP) is 3.55. The van der Waals surface area contributed by atoms with Gasteiger partial charge in [0.1, 0.15) is 30.2 Å². The van der Waals surface area contributed by atoms with Crippen LogP contribution in [0.4, 0.5) is 4.79 Å². The quantitative estimate of drug-likeness (QED) is 0.765. The molecule has 25 heavy (non-hydrogen) atoms. The molecule has 136 valence electrons. The lowest BCUT2D eigenvalue weighted by Gasteiger charge is -2.41. The largest absolute Gasteiger partial charge is 0.497 e. The van der Waals surface area contributed by atoms with Gasteiger partial charge < -0.3 is 19.1 Å². The van der Waals surface area contributed by atoms with Crippen molar-refractivity contribution >= 4 is 6.09 Å². The molecule has 1 aliphatic rings. The lowest BCUT2D eigenvalue weighted by molar-refractivity contribution is -0.00250. The highest BCUT2D eigenvalue weighted by molar-refractivity contribution is 5.70. The van der Waals surface area contributed by atoms with Gasteiger partial charge in [-0.1, -0.05) is 6.07 Å². The summed E-state index contributed by atoms with van der Waals surface area (Å²) in [5.41, 5.74) is -0.0341. The fourth-order valence-corrected chi connectivity index (χ4v) is 2.83. The summed E-state index contributed by atoms with van der Waals surface area (Å²) < 4.78 is 16.0. The van der Waals surface area contributed by atoms with Crippen molar-refractivity contribution in [3.63, 3.8) is 0 Å². The van der Waals surface area contributed by atoms with Crippen molar-refractivity contribution in [2.45, 2.75) is 44.8 Å². The van der Waals surface area contributed by atoms with Crippen molar-refractivity contribution in [3.8, 4) is 11.5 Å². The number of ether oxygens (including phenoxy) is 3. The molecule has 0 atom stereocenters. The molecule has 0 saturated carbocycles. The Labute approximate surface area is 149 Å². The SMILES string of the molecule is [C-]#[N+]C1(CCc2ccc(OC)cc2OC)CN(C(=O)OC(C)(C)C)C1. The summed E-state index contributed by atoms with van der Waals surface area (Å²) in [6.07, 6.45) is 1.02. The zero-order valence-electron chi connectivity index (χ0n) is 15.6. The molecule has 1 saturated heterocycles. The monoisotopic (exact) mass is 346 g/mol. The van der Waals surface area contributed by atoms with Crippen LogP contribution >= 0.6 is 0 Å². The van der Waals surface area contributed by atoms with Gasteiger partial charge in [0, 0.05) is 12.5 Å². The number of hydrogen-bond acceptors (Lipinski definition) is 4. The third-order valence-electron chi connectivity index (χ3n) is 4.21. The van der Waals surface area contributed by atoms with Crippen molar-refractivity contribution in [2.75, 3.05) is 27.3 Å². The summed E-state index contributed by atoms with van der Waals surface area (Å²) in [6, 6.07) is 5.68. The van der Waals surface area contributed by atoms with Gasteiger partial charge in [0.25, 0.3) is 5.54 Å². The van der Waals surface area contributed by atoms with Crippen LogP contribution in [0.25, 0.3) is 4.85 Å². The summed E-state index contributed by atoms with van der Waals surface area (Å²) in [6.45, 7) is 13.9. The van der Waals surface area contributed by atoms with Crippen molar-refractivity contribution in [2.24, 2.45) is 0 Å². The number of rotatable bonds is 5. The van der Waals surface area contributed by atoms with Crippen molar-refractivity contribution < 1.29 is 19.0 Å². The highest BCUT2D eigenvalue weighted by atomic mass is 16.6. The molecule has 1 amide bonds. The Balaban J connectivity index is 1.97. The average Bonchev–Trinajstić information content (AvgIpc) is 2.52. The molecule has 1 fully saturated rings. The number of amides is 1. The van der Waals surface area contributed by atoms with E-state index in [0.29, 0.717) is 25.9 Å². The summed E-state index contributed by atoms with van der Waals surface area (Å²) in [4.78, 5) is 17.4. The lowest BCUT2D eigenvalue weighted by atomic mass is 9.84. The topological polar surface area (TPSA) is 52.4 Å². The van der Waals surface area contributed by atoms with Crippen LogP contribution in [0.1, 0.15) is 32.8 Å². The number of hydrogen-bond donors (Lipinski definition) is 0. The maximum absolute atomic E-state index is 12.1. The van der Waals surface area contributed by atoms with E-state index in [9.17, 15) is 4.79 Å². The zero-order valence-corrected chi connectivity index (χ0v) is 15.6. The van der Waals surface area contributed by atoms with Crippen LogP contribution in [0.15, 0.2) is 18.2 Å². The predicted molar refractivity (Wildman–Crippen MR) is 95.0 cm³/mol. The molecule has 1 aliphatic heterocycles. The van der Waals surface area contributed by atoms with Gasteiger partial charge in [0.05, 0.1) is 14.2 Å². The zero-order chi connectivity index (χ0) is 18.7. The number of carbonyl (C=O) groups is 1. The summed E-state index contributed by atoms with van der Waals surface area (Å²) in [7, 11) is 3.23. The molecule has 0 aliphatic carbocycles. The number of nitrogens with zero attached hydrogens (tertiary/aromatic N) is 2. The smallest absolute Gasteiger partial charge is 0.410 e. The summed E-state index contributed by atoms with van der Waals surface area (Å²) >= 11 is 0. The third kappa shape index (κ3) is 4.56. The average molecular weight is 346 g/mol. The van der Waals surface area contributed by atoms with Gasteiger partial charge in [-0.15, -0.1) is 0 Å². The molecule has 1 aromatic rings. The minimum Gasteiger partial charge on any atom is -0.497 e. The Morgan fingerprint density at radius 2 is 1.96 bits per heavy atom. The number of benzene rings is 1. The van der Waals surface area contributed by atoms with Gasteiger partial charge in [-0.3, -0.25) is 4.90 Å². The van der Waals surface area contributed by atoms with E-state index >= 15 is 0 Å². The number of aryl methyl sites for hydroxylation is 1. The lowest BCUT2D eigenvalue weighted by Crippen LogP contribution is -2.62. The van der Waals surface area contributed by atoms with Crippen LogP contribution in [0.5, 0.6) is 11.5 Å². The molecule has 1 heterocycles. The molecule has 0 radical (unpaired) electrons. The van der Waals surface area contributed by atoms with Crippen LogP contribution in [0.2, 0.25) is 0 Å². The highest BCUT2D eigenvalue weighted by Gasteiger charge is 2.52. The van der Waals surface area contributed by atoms with E-state index in [1.807, 2.05) is 39.0 Å². The maximum Gasteiger partial charge on any atom is 0.410 e. The highest BCUT2D eigenvalue weighted by Crippen LogP contribution is 2.34. The van der Waals surface area contributed by atoms with E-state index in [2.05, 4.69) is 4.85 Å². The van der Waals surface area contributed by atoms with Gasteiger partial charge in [-0.2, -0.15) is 0 Å². The minimum atomic E-state index is -0.540. The van der Waals surface area contributed by atoms with Crippen LogP contribution in [0.3, 0.4) is 0 Å². The second-order valence-electron chi connectivity index (χ2n) is 7.35. The maximum atomic E-state index is 12.1. The van der Waals surface area contributed by atoms with E-state index in [1.165, 1.54) is 0 Å². The number of carbonyl (C=O) groups excluding carboxylic acids is 1. The fraction of sp³-hybridized carbons (Fsp3) is 0.579. The molecule has 0 aromatic heterocycles. The van der Waals surface area contributed by atoms with Crippen LogP contribution < -0.4 is 9.47 Å². The molecule has 0 bridgehead atoms. The van der Waals surface area contributed by atoms with Crippen LogP contribution in [0, 0.1) is 6.57 Å². The molecule has 6 nitrogen and oxygen atoms in total. The normalized spacial score (nSPS) is 15.8. The van der Waals surface area contributed by atoms with Gasteiger partial charge >= 0.3 is 6.09 Å². The first-order valence-electron chi connectivity index (χ1n) is 8.29. The number of methoxy groups -OCH3 is 2. The second-order valence-corrected chi connectivity index (χ2v) is 7.35. The molecular weight excluding hydrogens is 320 g/mol. The molecular formula is C19H26N2O4. The fourth-order valence-electron chi connectivity index (χ4n) is 2.83. The summed E-state index contributed by atoms with van der Waals surface area (Å²) in [5.74, 6) is 1.49. The molecule has 0 unspecified atom stereocenters. The van der Waals surface area contributed by atoms with Crippen LogP contribution in [-0.2, 0) is 11.2 Å². The molecule has 6 heteroatoms. The Hall–Kier alpha value is -2.42. The van der Waals surface area contributed by atoms with Gasteiger partial charge in [0.2, 0.25) is 0 Å². The van der Waals surface area contributed by atoms with E-state index < -0.39 is 11.1 Å². The van der Waals surface area contributed by atoms with Gasteiger partial charge in [-0.25, -0.2) is 11.4 Å². The minimum absolute atomic E-state index is 0.353.